The first-order valence-corrected chi connectivity index (χ1v) is 6.09. The highest BCUT2D eigenvalue weighted by molar-refractivity contribution is 7.15. The minimum atomic E-state index is -0.968. The third-order valence-corrected chi connectivity index (χ3v) is 3.57. The number of nitrogens with zero attached hydrogens (tertiary/aromatic N) is 1. The van der Waals surface area contributed by atoms with E-state index in [1.807, 2.05) is 32.9 Å². The SMILES string of the molecule is Cc1ccc(-c2sc(C)nc2C(=O)O)c(C)c1. The van der Waals surface area contributed by atoms with Gasteiger partial charge in [-0.15, -0.1) is 11.3 Å². The van der Waals surface area contributed by atoms with E-state index in [0.29, 0.717) is 0 Å². The van der Waals surface area contributed by atoms with Gasteiger partial charge in [-0.2, -0.15) is 0 Å². The predicted molar refractivity (Wildman–Crippen MR) is 68.7 cm³/mol. The van der Waals surface area contributed by atoms with Crippen LogP contribution in [0.25, 0.3) is 10.4 Å². The molecule has 0 saturated heterocycles. The second-order valence-corrected chi connectivity index (χ2v) is 5.24. The van der Waals surface area contributed by atoms with Crippen molar-refractivity contribution in [3.05, 3.63) is 40.0 Å². The van der Waals surface area contributed by atoms with Crippen molar-refractivity contribution in [1.29, 1.82) is 0 Å². The van der Waals surface area contributed by atoms with E-state index in [0.717, 1.165) is 21.0 Å². The Balaban J connectivity index is 2.63. The average molecular weight is 247 g/mol. The molecular formula is C13H13NO2S. The maximum atomic E-state index is 11.1. The smallest absolute Gasteiger partial charge is 0.356 e. The lowest BCUT2D eigenvalue weighted by Crippen LogP contribution is -1.99. The Morgan fingerprint density at radius 1 is 1.29 bits per heavy atom. The van der Waals surface area contributed by atoms with Crippen molar-refractivity contribution in [2.24, 2.45) is 0 Å². The fraction of sp³-hybridized carbons (Fsp3) is 0.231. The van der Waals surface area contributed by atoms with Gasteiger partial charge in [0.1, 0.15) is 0 Å². The lowest BCUT2D eigenvalue weighted by molar-refractivity contribution is 0.0692. The van der Waals surface area contributed by atoms with Crippen molar-refractivity contribution in [3.63, 3.8) is 0 Å². The summed E-state index contributed by atoms with van der Waals surface area (Å²) in [6, 6.07) is 6.00. The predicted octanol–water partition coefficient (Wildman–Crippen LogP) is 3.43. The molecule has 0 spiro atoms. The number of rotatable bonds is 2. The standard InChI is InChI=1S/C13H13NO2S/c1-7-4-5-10(8(2)6-7)12-11(13(15)16)14-9(3)17-12/h4-6H,1-3H3,(H,15,16). The molecule has 3 nitrogen and oxygen atoms in total. The van der Waals surface area contributed by atoms with Gasteiger partial charge in [0.15, 0.2) is 5.69 Å². The van der Waals surface area contributed by atoms with Crippen molar-refractivity contribution >= 4 is 17.3 Å². The van der Waals surface area contributed by atoms with Crippen molar-refractivity contribution < 1.29 is 9.90 Å². The van der Waals surface area contributed by atoms with E-state index in [4.69, 9.17) is 5.11 Å². The molecule has 0 aliphatic heterocycles. The maximum absolute atomic E-state index is 11.1. The van der Waals surface area contributed by atoms with Crippen LogP contribution in [0.1, 0.15) is 26.6 Å². The van der Waals surface area contributed by atoms with Crippen LogP contribution in [-0.2, 0) is 0 Å². The number of hydrogen-bond donors (Lipinski definition) is 1. The Kier molecular flexibility index (Phi) is 2.98. The van der Waals surface area contributed by atoms with Gasteiger partial charge in [-0.1, -0.05) is 23.8 Å². The first-order valence-electron chi connectivity index (χ1n) is 5.27. The summed E-state index contributed by atoms with van der Waals surface area (Å²) >= 11 is 1.42. The van der Waals surface area contributed by atoms with Crippen LogP contribution in [0.2, 0.25) is 0 Å². The molecule has 0 saturated carbocycles. The first-order chi connectivity index (χ1) is 7.99. The topological polar surface area (TPSA) is 50.2 Å². The van der Waals surface area contributed by atoms with E-state index in [2.05, 4.69) is 11.1 Å². The largest absolute Gasteiger partial charge is 0.476 e. The van der Waals surface area contributed by atoms with Gasteiger partial charge in [0.25, 0.3) is 0 Å². The van der Waals surface area contributed by atoms with Crippen LogP contribution in [0.5, 0.6) is 0 Å². The van der Waals surface area contributed by atoms with Gasteiger partial charge in [-0.05, 0) is 31.9 Å². The average Bonchev–Trinajstić information content (AvgIpc) is 2.60. The fourth-order valence-corrected chi connectivity index (χ4v) is 2.82. The van der Waals surface area contributed by atoms with Crippen LogP contribution >= 0.6 is 11.3 Å². The van der Waals surface area contributed by atoms with Gasteiger partial charge in [0, 0.05) is 0 Å². The Morgan fingerprint density at radius 3 is 2.59 bits per heavy atom. The van der Waals surface area contributed by atoms with Gasteiger partial charge >= 0.3 is 5.97 Å². The molecule has 0 amide bonds. The Labute approximate surface area is 104 Å². The van der Waals surface area contributed by atoms with E-state index in [1.165, 1.54) is 16.9 Å². The highest BCUT2D eigenvalue weighted by atomic mass is 32.1. The molecule has 0 radical (unpaired) electrons. The molecule has 2 rings (SSSR count). The first kappa shape index (κ1) is 11.8. The molecule has 1 heterocycles. The Bertz CT molecular complexity index is 587. The molecule has 0 aliphatic carbocycles. The third-order valence-electron chi connectivity index (χ3n) is 2.56. The molecule has 2 aromatic rings. The van der Waals surface area contributed by atoms with Crippen molar-refractivity contribution in [3.8, 4) is 10.4 Å². The number of carboxylic acids is 1. The van der Waals surface area contributed by atoms with Crippen LogP contribution in [0.15, 0.2) is 18.2 Å². The fourth-order valence-electron chi connectivity index (χ4n) is 1.82. The highest BCUT2D eigenvalue weighted by Gasteiger charge is 2.18. The monoisotopic (exact) mass is 247 g/mol. The molecule has 1 N–H and O–H groups in total. The number of aryl methyl sites for hydroxylation is 3. The van der Waals surface area contributed by atoms with E-state index < -0.39 is 5.97 Å². The van der Waals surface area contributed by atoms with Gasteiger partial charge in [-0.3, -0.25) is 0 Å². The molecule has 0 atom stereocenters. The zero-order valence-electron chi connectivity index (χ0n) is 9.94. The summed E-state index contributed by atoms with van der Waals surface area (Å²) in [5.41, 5.74) is 3.36. The summed E-state index contributed by atoms with van der Waals surface area (Å²) < 4.78 is 0. The number of thiazole rings is 1. The van der Waals surface area contributed by atoms with Crippen LogP contribution in [0.3, 0.4) is 0 Å². The van der Waals surface area contributed by atoms with Crippen LogP contribution in [0.4, 0.5) is 0 Å². The van der Waals surface area contributed by atoms with Crippen molar-refractivity contribution in [2.45, 2.75) is 20.8 Å². The lowest BCUT2D eigenvalue weighted by Gasteiger charge is -2.05. The summed E-state index contributed by atoms with van der Waals surface area (Å²) in [4.78, 5) is 15.9. The number of benzene rings is 1. The third kappa shape index (κ3) is 2.22. The normalized spacial score (nSPS) is 10.5. The molecule has 1 aromatic carbocycles. The molecule has 0 aliphatic rings. The molecule has 0 fully saturated rings. The minimum Gasteiger partial charge on any atom is -0.476 e. The molecule has 88 valence electrons. The van der Waals surface area contributed by atoms with Gasteiger partial charge in [0.05, 0.1) is 9.88 Å². The van der Waals surface area contributed by atoms with E-state index >= 15 is 0 Å². The number of carboxylic acid groups (broad SMARTS) is 1. The van der Waals surface area contributed by atoms with Crippen molar-refractivity contribution in [1.82, 2.24) is 4.98 Å². The summed E-state index contributed by atoms with van der Waals surface area (Å²) in [6.45, 7) is 5.83. The van der Waals surface area contributed by atoms with E-state index in [9.17, 15) is 4.79 Å². The van der Waals surface area contributed by atoms with Crippen LogP contribution in [0, 0.1) is 20.8 Å². The summed E-state index contributed by atoms with van der Waals surface area (Å²) in [5.74, 6) is -0.968. The maximum Gasteiger partial charge on any atom is 0.356 e. The second kappa shape index (κ2) is 4.30. The second-order valence-electron chi connectivity index (χ2n) is 4.03. The zero-order chi connectivity index (χ0) is 12.6. The number of aromatic nitrogens is 1. The van der Waals surface area contributed by atoms with Gasteiger partial charge in [-0.25, -0.2) is 9.78 Å². The highest BCUT2D eigenvalue weighted by Crippen LogP contribution is 2.32. The molecule has 0 unspecified atom stereocenters. The number of hydrogen-bond acceptors (Lipinski definition) is 3. The Morgan fingerprint density at radius 2 is 2.00 bits per heavy atom. The number of carbonyl (C=O) groups is 1. The molecule has 4 heteroatoms. The van der Waals surface area contributed by atoms with Crippen molar-refractivity contribution in [2.75, 3.05) is 0 Å². The van der Waals surface area contributed by atoms with E-state index in [-0.39, 0.29) is 5.69 Å². The molecule has 17 heavy (non-hydrogen) atoms. The summed E-state index contributed by atoms with van der Waals surface area (Å²) in [6.07, 6.45) is 0. The van der Waals surface area contributed by atoms with Gasteiger partial charge in [0.2, 0.25) is 0 Å². The summed E-state index contributed by atoms with van der Waals surface area (Å²) in [5, 5.41) is 9.91. The zero-order valence-corrected chi connectivity index (χ0v) is 10.8. The molecular weight excluding hydrogens is 234 g/mol. The van der Waals surface area contributed by atoms with Crippen LogP contribution in [-0.4, -0.2) is 16.1 Å². The van der Waals surface area contributed by atoms with E-state index in [1.54, 1.807) is 0 Å². The minimum absolute atomic E-state index is 0.152. The Hall–Kier alpha value is -1.68. The molecule has 1 aromatic heterocycles. The quantitative estimate of drug-likeness (QED) is 0.884. The number of aromatic carboxylic acids is 1. The molecule has 0 bridgehead atoms. The van der Waals surface area contributed by atoms with Gasteiger partial charge < -0.3 is 5.11 Å². The lowest BCUT2D eigenvalue weighted by atomic mass is 10.0. The summed E-state index contributed by atoms with van der Waals surface area (Å²) in [7, 11) is 0. The van der Waals surface area contributed by atoms with Crippen LogP contribution < -0.4 is 0 Å².